The van der Waals surface area contributed by atoms with Crippen LogP contribution in [0.2, 0.25) is 0 Å². The number of benzene rings is 1. The van der Waals surface area contributed by atoms with Gasteiger partial charge in [0.05, 0.1) is 5.56 Å². The first-order chi connectivity index (χ1) is 14.5. The Labute approximate surface area is 184 Å². The third kappa shape index (κ3) is 7.38. The predicted octanol–water partition coefficient (Wildman–Crippen LogP) is 7.15. The van der Waals surface area contributed by atoms with E-state index in [1.54, 1.807) is 6.07 Å². The third-order valence-corrected chi connectivity index (χ3v) is 5.25. The van der Waals surface area contributed by atoms with Crippen molar-refractivity contribution in [3.8, 4) is 0 Å². The Bertz CT molecular complexity index is 967. The number of thioether (sulfide) groups is 1. The van der Waals surface area contributed by atoms with Gasteiger partial charge >= 0.3 is 5.63 Å². The molecule has 5 heteroatoms. The van der Waals surface area contributed by atoms with Gasteiger partial charge in [-0.2, -0.15) is 0 Å². The average Bonchev–Trinajstić information content (AvgIpc) is 2.75. The monoisotopic (exact) mass is 426 g/mol. The molecule has 1 aromatic heterocycles. The number of allylic oxidation sites excluding steroid dienone is 6. The molecule has 2 rings (SSSR count). The Kier molecular flexibility index (Phi) is 11.6. The standard InChI is InChI=1S/C23H28N2O2S.C2H6/c1-5-8-9-10-11-12-17(4)28-22(24)20-15-18-13-14-19(25(6-2)7-3)16-21(18)27-23(20)26;1-2/h5,8-10,12-16,24H,6-7,11H2,1-4H3;1-2H3/b8-5-,10-9?,17-12+,24-22?;. The van der Waals surface area contributed by atoms with Gasteiger partial charge in [0.15, 0.2) is 0 Å². The van der Waals surface area contributed by atoms with Gasteiger partial charge in [-0.1, -0.05) is 56.0 Å². The molecule has 0 saturated carbocycles. The van der Waals surface area contributed by atoms with E-state index in [4.69, 9.17) is 9.83 Å². The lowest BCUT2D eigenvalue weighted by molar-refractivity contribution is 0.559. The molecule has 1 heterocycles. The van der Waals surface area contributed by atoms with Crippen molar-refractivity contribution in [1.29, 1.82) is 5.41 Å². The van der Waals surface area contributed by atoms with Gasteiger partial charge in [-0.15, -0.1) is 0 Å². The molecule has 0 aliphatic rings. The lowest BCUT2D eigenvalue weighted by Crippen LogP contribution is -2.21. The van der Waals surface area contributed by atoms with Crippen LogP contribution in [-0.2, 0) is 0 Å². The second kappa shape index (κ2) is 13.6. The van der Waals surface area contributed by atoms with Crippen LogP contribution in [0.5, 0.6) is 0 Å². The molecule has 0 unspecified atom stereocenters. The molecule has 0 aliphatic carbocycles. The lowest BCUT2D eigenvalue weighted by Gasteiger charge is -2.21. The molecule has 2 aromatic rings. The molecule has 1 N–H and O–H groups in total. The molecule has 0 saturated heterocycles. The molecule has 30 heavy (non-hydrogen) atoms. The number of nitrogens with one attached hydrogen (secondary N) is 1. The summed E-state index contributed by atoms with van der Waals surface area (Å²) in [6.45, 7) is 13.9. The topological polar surface area (TPSA) is 57.3 Å². The third-order valence-electron chi connectivity index (χ3n) is 4.34. The Hall–Kier alpha value is -2.53. The van der Waals surface area contributed by atoms with Crippen molar-refractivity contribution in [1.82, 2.24) is 0 Å². The van der Waals surface area contributed by atoms with Crippen LogP contribution in [0.3, 0.4) is 0 Å². The maximum atomic E-state index is 12.4. The average molecular weight is 427 g/mol. The van der Waals surface area contributed by atoms with Crippen molar-refractivity contribution in [2.75, 3.05) is 18.0 Å². The second-order valence-corrected chi connectivity index (χ2v) is 7.53. The quantitative estimate of drug-likeness (QED) is 0.211. The van der Waals surface area contributed by atoms with E-state index in [9.17, 15) is 4.79 Å². The molecule has 0 atom stereocenters. The van der Waals surface area contributed by atoms with Crippen molar-refractivity contribution in [2.24, 2.45) is 0 Å². The van der Waals surface area contributed by atoms with Crippen molar-refractivity contribution < 1.29 is 4.42 Å². The zero-order valence-electron chi connectivity index (χ0n) is 19.0. The van der Waals surface area contributed by atoms with Gasteiger partial charge in [0.2, 0.25) is 0 Å². The molecule has 1 aromatic carbocycles. The maximum Gasteiger partial charge on any atom is 0.346 e. The summed E-state index contributed by atoms with van der Waals surface area (Å²) < 4.78 is 5.53. The molecule has 0 fully saturated rings. The summed E-state index contributed by atoms with van der Waals surface area (Å²) in [5.41, 5.74) is 1.41. The minimum absolute atomic E-state index is 0.203. The van der Waals surface area contributed by atoms with E-state index in [1.165, 1.54) is 11.8 Å². The molecule has 0 amide bonds. The predicted molar refractivity (Wildman–Crippen MR) is 134 cm³/mol. The zero-order valence-corrected chi connectivity index (χ0v) is 19.8. The molecular weight excluding hydrogens is 392 g/mol. The highest BCUT2D eigenvalue weighted by molar-refractivity contribution is 8.17. The van der Waals surface area contributed by atoms with Crippen molar-refractivity contribution in [3.63, 3.8) is 0 Å². The molecule has 0 spiro atoms. The minimum Gasteiger partial charge on any atom is -0.422 e. The van der Waals surface area contributed by atoms with Gasteiger partial charge in [0.25, 0.3) is 0 Å². The van der Waals surface area contributed by atoms with Gasteiger partial charge in [0.1, 0.15) is 10.6 Å². The van der Waals surface area contributed by atoms with Crippen molar-refractivity contribution in [2.45, 2.75) is 48.0 Å². The van der Waals surface area contributed by atoms with Crippen LogP contribution in [-0.4, -0.2) is 18.1 Å². The largest absolute Gasteiger partial charge is 0.422 e. The van der Waals surface area contributed by atoms with Gasteiger partial charge in [-0.05, 0) is 57.2 Å². The summed E-state index contributed by atoms with van der Waals surface area (Å²) in [6.07, 6.45) is 10.8. The number of nitrogens with zero attached hydrogens (tertiary/aromatic N) is 1. The number of fused-ring (bicyclic) bond motifs is 1. The number of rotatable bonds is 8. The van der Waals surface area contributed by atoms with Crippen LogP contribution in [0.15, 0.2) is 68.8 Å². The first-order valence-electron chi connectivity index (χ1n) is 10.5. The highest BCUT2D eigenvalue weighted by Crippen LogP contribution is 2.25. The van der Waals surface area contributed by atoms with Crippen LogP contribution >= 0.6 is 11.8 Å². The normalized spacial score (nSPS) is 11.7. The van der Waals surface area contributed by atoms with Gasteiger partial charge in [-0.3, -0.25) is 5.41 Å². The zero-order chi connectivity index (χ0) is 22.5. The van der Waals surface area contributed by atoms with E-state index < -0.39 is 5.63 Å². The lowest BCUT2D eigenvalue weighted by atomic mass is 10.1. The van der Waals surface area contributed by atoms with Crippen LogP contribution < -0.4 is 10.5 Å². The van der Waals surface area contributed by atoms with E-state index in [2.05, 4.69) is 18.7 Å². The van der Waals surface area contributed by atoms with E-state index in [0.29, 0.717) is 11.1 Å². The molecule has 0 radical (unpaired) electrons. The van der Waals surface area contributed by atoms with Crippen LogP contribution in [0.1, 0.15) is 53.5 Å². The van der Waals surface area contributed by atoms with E-state index in [-0.39, 0.29) is 5.04 Å². The van der Waals surface area contributed by atoms with Gasteiger partial charge in [-0.25, -0.2) is 4.79 Å². The smallest absolute Gasteiger partial charge is 0.346 e. The van der Waals surface area contributed by atoms with Gasteiger partial charge < -0.3 is 9.32 Å². The van der Waals surface area contributed by atoms with Crippen molar-refractivity contribution in [3.05, 3.63) is 75.5 Å². The highest BCUT2D eigenvalue weighted by Gasteiger charge is 2.13. The Morgan fingerprint density at radius 1 is 1.17 bits per heavy atom. The first-order valence-corrected chi connectivity index (χ1v) is 11.4. The van der Waals surface area contributed by atoms with Crippen molar-refractivity contribution >= 4 is 33.5 Å². The number of hydrogen-bond acceptors (Lipinski definition) is 5. The highest BCUT2D eigenvalue weighted by atomic mass is 32.2. The fraction of sp³-hybridized carbons (Fsp3) is 0.360. The van der Waals surface area contributed by atoms with Crippen LogP contribution in [0, 0.1) is 5.41 Å². The fourth-order valence-corrected chi connectivity index (χ4v) is 3.56. The Morgan fingerprint density at radius 2 is 1.87 bits per heavy atom. The summed E-state index contributed by atoms with van der Waals surface area (Å²) in [7, 11) is 0. The minimum atomic E-state index is -0.470. The molecular formula is C25H34N2O2S. The van der Waals surface area contributed by atoms with E-state index in [0.717, 1.165) is 35.5 Å². The second-order valence-electron chi connectivity index (χ2n) is 6.28. The summed E-state index contributed by atoms with van der Waals surface area (Å²) >= 11 is 1.28. The maximum absolute atomic E-state index is 12.4. The summed E-state index contributed by atoms with van der Waals surface area (Å²) in [6, 6.07) is 7.62. The van der Waals surface area contributed by atoms with E-state index in [1.807, 2.05) is 76.3 Å². The van der Waals surface area contributed by atoms with Gasteiger partial charge in [0, 0.05) is 30.2 Å². The molecule has 4 nitrogen and oxygen atoms in total. The first kappa shape index (κ1) is 25.5. The van der Waals surface area contributed by atoms with E-state index >= 15 is 0 Å². The SMILES string of the molecule is C/C=C\C=CC/C=C(\C)SC(=N)c1cc2ccc(N(CC)CC)cc2oc1=O.CC. The Balaban J connectivity index is 0.00000218. The number of hydrogen-bond donors (Lipinski definition) is 1. The molecule has 0 bridgehead atoms. The Morgan fingerprint density at radius 3 is 2.50 bits per heavy atom. The summed E-state index contributed by atoms with van der Waals surface area (Å²) in [4.78, 5) is 15.6. The summed E-state index contributed by atoms with van der Waals surface area (Å²) in [5, 5.41) is 9.35. The molecule has 0 aliphatic heterocycles. The fourth-order valence-electron chi connectivity index (χ4n) is 2.80. The summed E-state index contributed by atoms with van der Waals surface area (Å²) in [5.74, 6) is 0. The van der Waals surface area contributed by atoms with Crippen LogP contribution in [0.25, 0.3) is 11.0 Å². The molecule has 162 valence electrons. The van der Waals surface area contributed by atoms with Crippen LogP contribution in [0.4, 0.5) is 5.69 Å². The number of anilines is 1.